The molecule has 0 aliphatic heterocycles. The summed E-state index contributed by atoms with van der Waals surface area (Å²) in [6.07, 6.45) is 2.61. The molecule has 0 aliphatic carbocycles. The van der Waals surface area contributed by atoms with E-state index in [1.54, 1.807) is 24.3 Å². The van der Waals surface area contributed by atoms with Crippen LogP contribution < -0.4 is 5.32 Å². The van der Waals surface area contributed by atoms with E-state index in [0.29, 0.717) is 25.4 Å². The number of carboxylic acids is 1. The molecule has 0 aliphatic rings. The largest absolute Gasteiger partial charge is 0.478 e. The molecule has 1 aromatic rings. The lowest BCUT2D eigenvalue weighted by Crippen LogP contribution is -2.12. The van der Waals surface area contributed by atoms with E-state index in [2.05, 4.69) is 27.8 Å². The Morgan fingerprint density at radius 1 is 1.50 bits per heavy atom. The zero-order chi connectivity index (χ0) is 13.4. The van der Waals surface area contributed by atoms with Crippen molar-refractivity contribution in [2.75, 3.05) is 25.1 Å². The van der Waals surface area contributed by atoms with Gasteiger partial charge in [-0.15, -0.1) is 6.58 Å². The summed E-state index contributed by atoms with van der Waals surface area (Å²) in [7, 11) is 0. The minimum atomic E-state index is -0.947. The fourth-order valence-corrected chi connectivity index (χ4v) is 1.74. The lowest BCUT2D eigenvalue weighted by Gasteiger charge is -2.10. The molecule has 0 aromatic heterocycles. The number of hydrogen-bond donors (Lipinski definition) is 2. The third kappa shape index (κ3) is 4.89. The van der Waals surface area contributed by atoms with E-state index in [1.165, 1.54) is 0 Å². The molecule has 1 rings (SSSR count). The van der Waals surface area contributed by atoms with Crippen LogP contribution in [0, 0.1) is 0 Å². The van der Waals surface area contributed by atoms with E-state index >= 15 is 0 Å². The molecule has 5 heteroatoms. The maximum atomic E-state index is 11.0. The maximum Gasteiger partial charge on any atom is 0.337 e. The summed E-state index contributed by atoms with van der Waals surface area (Å²) in [5.41, 5.74) is 0.841. The summed E-state index contributed by atoms with van der Waals surface area (Å²) in [5.74, 6) is -0.947. The van der Waals surface area contributed by atoms with E-state index in [9.17, 15) is 4.79 Å². The molecule has 0 amide bonds. The van der Waals surface area contributed by atoms with E-state index in [1.807, 2.05) is 0 Å². The van der Waals surface area contributed by atoms with Gasteiger partial charge in [0.2, 0.25) is 0 Å². The quantitative estimate of drug-likeness (QED) is 0.572. The molecule has 0 fully saturated rings. The van der Waals surface area contributed by atoms with Crippen LogP contribution in [0.2, 0.25) is 0 Å². The topological polar surface area (TPSA) is 58.6 Å². The highest BCUT2D eigenvalue weighted by Crippen LogP contribution is 2.21. The second kappa shape index (κ2) is 7.89. The number of rotatable bonds is 8. The molecule has 98 valence electrons. The summed E-state index contributed by atoms with van der Waals surface area (Å²) in [6, 6.07) is 5.01. The van der Waals surface area contributed by atoms with Gasteiger partial charge >= 0.3 is 5.97 Å². The van der Waals surface area contributed by atoms with Gasteiger partial charge in [0.1, 0.15) is 0 Å². The van der Waals surface area contributed by atoms with E-state index in [4.69, 9.17) is 9.84 Å². The average Bonchev–Trinajstić information content (AvgIpc) is 2.33. The number of aromatic carboxylic acids is 1. The number of halogens is 1. The van der Waals surface area contributed by atoms with Crippen molar-refractivity contribution in [1.29, 1.82) is 0 Å². The second-order valence-electron chi connectivity index (χ2n) is 3.61. The first-order chi connectivity index (χ1) is 8.65. The van der Waals surface area contributed by atoms with Crippen LogP contribution in [0.25, 0.3) is 0 Å². The van der Waals surface area contributed by atoms with Gasteiger partial charge < -0.3 is 15.2 Å². The molecule has 0 bridgehead atoms. The summed E-state index contributed by atoms with van der Waals surface area (Å²) in [4.78, 5) is 11.0. The lowest BCUT2D eigenvalue weighted by molar-refractivity contribution is 0.0698. The van der Waals surface area contributed by atoms with Crippen LogP contribution in [-0.2, 0) is 4.74 Å². The van der Waals surface area contributed by atoms with Crippen molar-refractivity contribution in [2.24, 2.45) is 0 Å². The van der Waals surface area contributed by atoms with Crippen molar-refractivity contribution in [3.63, 3.8) is 0 Å². The van der Waals surface area contributed by atoms with Crippen molar-refractivity contribution in [2.45, 2.75) is 6.42 Å². The van der Waals surface area contributed by atoms with Crippen LogP contribution in [0.3, 0.4) is 0 Å². The van der Waals surface area contributed by atoms with Gasteiger partial charge in [0.15, 0.2) is 0 Å². The molecule has 0 unspecified atom stereocenters. The van der Waals surface area contributed by atoms with E-state index < -0.39 is 5.97 Å². The molecule has 18 heavy (non-hydrogen) atoms. The zero-order valence-electron chi connectivity index (χ0n) is 9.99. The zero-order valence-corrected chi connectivity index (χ0v) is 11.6. The predicted octanol–water partition coefficient (Wildman–Crippen LogP) is 3.15. The molecular formula is C13H16BrNO3. The SMILES string of the molecule is C=CCCOCCNc1cc(Br)ccc1C(=O)O. The van der Waals surface area contributed by atoms with Crippen LogP contribution in [0.1, 0.15) is 16.8 Å². The van der Waals surface area contributed by atoms with Crippen molar-refractivity contribution in [1.82, 2.24) is 0 Å². The molecule has 0 saturated heterocycles. The molecule has 0 atom stereocenters. The first-order valence-corrected chi connectivity index (χ1v) is 6.40. The van der Waals surface area contributed by atoms with Crippen LogP contribution in [0.5, 0.6) is 0 Å². The Kier molecular flexibility index (Phi) is 6.46. The third-order valence-electron chi connectivity index (χ3n) is 2.24. The lowest BCUT2D eigenvalue weighted by atomic mass is 10.2. The highest BCUT2D eigenvalue weighted by Gasteiger charge is 2.09. The Morgan fingerprint density at radius 2 is 2.28 bits per heavy atom. The summed E-state index contributed by atoms with van der Waals surface area (Å²) in [5, 5.41) is 12.1. The first kappa shape index (κ1) is 14.7. The summed E-state index contributed by atoms with van der Waals surface area (Å²) >= 11 is 3.31. The number of benzene rings is 1. The predicted molar refractivity (Wildman–Crippen MR) is 75.2 cm³/mol. The van der Waals surface area contributed by atoms with Gasteiger partial charge in [-0.3, -0.25) is 0 Å². The number of hydrogen-bond acceptors (Lipinski definition) is 3. The van der Waals surface area contributed by atoms with Gasteiger partial charge in [-0.25, -0.2) is 4.79 Å². The molecule has 2 N–H and O–H groups in total. The number of anilines is 1. The molecule has 4 nitrogen and oxygen atoms in total. The maximum absolute atomic E-state index is 11.0. The minimum Gasteiger partial charge on any atom is -0.478 e. The number of ether oxygens (including phenoxy) is 1. The Hall–Kier alpha value is -1.33. The Labute approximate surface area is 115 Å². The normalized spacial score (nSPS) is 10.1. The van der Waals surface area contributed by atoms with Crippen molar-refractivity contribution < 1.29 is 14.6 Å². The Bertz CT molecular complexity index is 421. The second-order valence-corrected chi connectivity index (χ2v) is 4.53. The third-order valence-corrected chi connectivity index (χ3v) is 2.73. The summed E-state index contributed by atoms with van der Waals surface area (Å²) in [6.45, 7) is 5.33. The summed E-state index contributed by atoms with van der Waals surface area (Å²) < 4.78 is 6.17. The number of carbonyl (C=O) groups is 1. The monoisotopic (exact) mass is 313 g/mol. The van der Waals surface area contributed by atoms with Gasteiger partial charge in [0, 0.05) is 16.7 Å². The number of carboxylic acid groups (broad SMARTS) is 1. The van der Waals surface area contributed by atoms with Crippen LogP contribution in [-0.4, -0.2) is 30.8 Å². The van der Waals surface area contributed by atoms with Crippen molar-refractivity contribution in [3.8, 4) is 0 Å². The standard InChI is InChI=1S/C13H16BrNO3/c1-2-3-7-18-8-6-15-12-9-10(14)4-5-11(12)13(16)17/h2,4-5,9,15H,1,3,6-8H2,(H,16,17). The fraction of sp³-hybridized carbons (Fsp3) is 0.308. The fourth-order valence-electron chi connectivity index (χ4n) is 1.38. The van der Waals surface area contributed by atoms with E-state index in [-0.39, 0.29) is 5.56 Å². The van der Waals surface area contributed by atoms with Gasteiger partial charge in [-0.05, 0) is 24.6 Å². The first-order valence-electron chi connectivity index (χ1n) is 5.60. The smallest absolute Gasteiger partial charge is 0.337 e. The van der Waals surface area contributed by atoms with Gasteiger partial charge in [0.05, 0.1) is 18.8 Å². The Balaban J connectivity index is 2.47. The molecule has 1 aromatic carbocycles. The molecule has 0 saturated carbocycles. The van der Waals surface area contributed by atoms with Gasteiger partial charge in [0.25, 0.3) is 0 Å². The van der Waals surface area contributed by atoms with E-state index in [0.717, 1.165) is 10.9 Å². The van der Waals surface area contributed by atoms with Gasteiger partial charge in [-0.1, -0.05) is 22.0 Å². The molecular weight excluding hydrogens is 298 g/mol. The highest BCUT2D eigenvalue weighted by atomic mass is 79.9. The van der Waals surface area contributed by atoms with Crippen molar-refractivity contribution >= 4 is 27.6 Å². The average molecular weight is 314 g/mol. The molecule has 0 radical (unpaired) electrons. The van der Waals surface area contributed by atoms with Crippen LogP contribution in [0.4, 0.5) is 5.69 Å². The van der Waals surface area contributed by atoms with Crippen LogP contribution >= 0.6 is 15.9 Å². The van der Waals surface area contributed by atoms with Crippen LogP contribution in [0.15, 0.2) is 35.3 Å². The molecule has 0 heterocycles. The van der Waals surface area contributed by atoms with Gasteiger partial charge in [-0.2, -0.15) is 0 Å². The number of nitrogens with one attached hydrogen (secondary N) is 1. The Morgan fingerprint density at radius 3 is 2.94 bits per heavy atom. The minimum absolute atomic E-state index is 0.254. The molecule has 0 spiro atoms. The van der Waals surface area contributed by atoms with Crippen molar-refractivity contribution in [3.05, 3.63) is 40.9 Å². The highest BCUT2D eigenvalue weighted by molar-refractivity contribution is 9.10.